The molecule has 0 atom stereocenters. The van der Waals surface area contributed by atoms with Crippen molar-refractivity contribution in [2.75, 3.05) is 13.7 Å². The van der Waals surface area contributed by atoms with E-state index in [0.29, 0.717) is 30.5 Å². The molecule has 0 aliphatic carbocycles. The molecule has 21 heavy (non-hydrogen) atoms. The lowest BCUT2D eigenvalue weighted by Crippen LogP contribution is -2.22. The summed E-state index contributed by atoms with van der Waals surface area (Å²) < 4.78 is 7.03. The summed E-state index contributed by atoms with van der Waals surface area (Å²) in [6, 6.07) is 1.68. The summed E-state index contributed by atoms with van der Waals surface area (Å²) in [4.78, 5) is 14.0. The van der Waals surface area contributed by atoms with Gasteiger partial charge < -0.3 is 9.84 Å². The number of phenols is 1. The number of carbonyl (C=O) groups is 1. The summed E-state index contributed by atoms with van der Waals surface area (Å²) in [5.41, 5.74) is 0.720. The second-order valence-corrected chi connectivity index (χ2v) is 7.38. The van der Waals surface area contributed by atoms with Gasteiger partial charge in [0.25, 0.3) is 5.91 Å². The van der Waals surface area contributed by atoms with Crippen molar-refractivity contribution in [3.63, 3.8) is 0 Å². The van der Waals surface area contributed by atoms with E-state index >= 15 is 0 Å². The number of hydrogen-bond acceptors (Lipinski definition) is 5. The van der Waals surface area contributed by atoms with Crippen molar-refractivity contribution in [1.29, 1.82) is 0 Å². The third-order valence-corrected chi connectivity index (χ3v) is 6.39. The highest BCUT2D eigenvalue weighted by atomic mass is 79.9. The van der Waals surface area contributed by atoms with Crippen LogP contribution in [0.4, 0.5) is 0 Å². The predicted molar refractivity (Wildman–Crippen MR) is 95.6 cm³/mol. The Labute approximate surface area is 148 Å². The fourth-order valence-electron chi connectivity index (χ4n) is 1.67. The molecule has 1 aromatic carbocycles. The molecule has 112 valence electrons. The molecule has 1 aliphatic heterocycles. The highest BCUT2D eigenvalue weighted by Gasteiger charge is 2.29. The molecule has 1 fully saturated rings. The normalized spacial score (nSPS) is 17.0. The Morgan fingerprint density at radius 3 is 2.67 bits per heavy atom. The van der Waals surface area contributed by atoms with Crippen LogP contribution in [0.2, 0.25) is 0 Å². The second kappa shape index (κ2) is 6.68. The van der Waals surface area contributed by atoms with E-state index in [4.69, 9.17) is 17.0 Å². The fourth-order valence-corrected chi connectivity index (χ4v) is 3.68. The maximum absolute atomic E-state index is 12.0. The maximum atomic E-state index is 12.0. The van der Waals surface area contributed by atoms with Crippen molar-refractivity contribution in [2.45, 2.75) is 6.92 Å². The summed E-state index contributed by atoms with van der Waals surface area (Å²) in [5, 5.41) is 10.0. The van der Waals surface area contributed by atoms with E-state index in [9.17, 15) is 9.90 Å². The Balaban J connectivity index is 2.50. The minimum atomic E-state index is -0.140. The zero-order chi connectivity index (χ0) is 15.7. The van der Waals surface area contributed by atoms with Gasteiger partial charge in [-0.05, 0) is 56.5 Å². The van der Waals surface area contributed by atoms with E-state index in [1.807, 2.05) is 6.92 Å². The van der Waals surface area contributed by atoms with Gasteiger partial charge in [0.2, 0.25) is 0 Å². The van der Waals surface area contributed by atoms with E-state index in [1.54, 1.807) is 19.2 Å². The monoisotopic (exact) mass is 451 g/mol. The van der Waals surface area contributed by atoms with Crippen LogP contribution < -0.4 is 4.74 Å². The van der Waals surface area contributed by atoms with Crippen LogP contribution in [-0.2, 0) is 4.79 Å². The first-order chi connectivity index (χ1) is 9.86. The van der Waals surface area contributed by atoms with E-state index in [-0.39, 0.29) is 11.7 Å². The van der Waals surface area contributed by atoms with Crippen LogP contribution in [0.5, 0.6) is 11.5 Å². The van der Waals surface area contributed by atoms with Crippen LogP contribution in [-0.4, -0.2) is 33.9 Å². The molecular formula is C13H11Br2NO3S2. The molecule has 2 rings (SSSR count). The van der Waals surface area contributed by atoms with Gasteiger partial charge in [0.15, 0.2) is 11.5 Å². The van der Waals surface area contributed by atoms with Crippen molar-refractivity contribution >= 4 is 72.1 Å². The maximum Gasteiger partial charge on any atom is 0.265 e. The number of thioether (sulfide) groups is 1. The van der Waals surface area contributed by atoms with Crippen LogP contribution in [0, 0.1) is 0 Å². The smallest absolute Gasteiger partial charge is 0.265 e. The van der Waals surface area contributed by atoms with E-state index in [1.165, 1.54) is 16.7 Å². The Kier molecular flexibility index (Phi) is 5.34. The first-order valence-corrected chi connectivity index (χ1v) is 8.73. The molecule has 0 saturated carbocycles. The summed E-state index contributed by atoms with van der Waals surface area (Å²) >= 11 is 13.0. The fraction of sp³-hybridized carbons (Fsp3) is 0.231. The van der Waals surface area contributed by atoms with Gasteiger partial charge in [-0.25, -0.2) is 0 Å². The van der Waals surface area contributed by atoms with Gasteiger partial charge >= 0.3 is 0 Å². The van der Waals surface area contributed by atoms with Crippen molar-refractivity contribution < 1.29 is 14.6 Å². The van der Waals surface area contributed by atoms with Gasteiger partial charge in [0.05, 0.1) is 16.0 Å². The number of thiocarbonyl (C=S) groups is 1. The van der Waals surface area contributed by atoms with Crippen molar-refractivity contribution in [2.24, 2.45) is 0 Å². The minimum Gasteiger partial charge on any atom is -0.503 e. The highest BCUT2D eigenvalue weighted by molar-refractivity contribution is 9.13. The predicted octanol–water partition coefficient (Wildman–Crippen LogP) is 4.15. The van der Waals surface area contributed by atoms with Gasteiger partial charge in [-0.2, -0.15) is 0 Å². The van der Waals surface area contributed by atoms with E-state index in [2.05, 4.69) is 31.9 Å². The zero-order valence-corrected chi connectivity index (χ0v) is 16.0. The number of ether oxygens (including phenoxy) is 1. The Morgan fingerprint density at radius 1 is 1.48 bits per heavy atom. The number of likely N-dealkylation sites (N-methyl/N-ethyl adjacent to an activating group) is 1. The van der Waals surface area contributed by atoms with Crippen LogP contribution in [0.3, 0.4) is 0 Å². The summed E-state index contributed by atoms with van der Waals surface area (Å²) in [6.07, 6.45) is 1.72. The Bertz CT molecular complexity index is 661. The quantitative estimate of drug-likeness (QED) is 0.551. The molecule has 4 nitrogen and oxygen atoms in total. The number of rotatable bonds is 3. The van der Waals surface area contributed by atoms with E-state index < -0.39 is 0 Å². The lowest BCUT2D eigenvalue weighted by atomic mass is 10.2. The number of aromatic hydroxyl groups is 1. The molecule has 0 unspecified atom stereocenters. The summed E-state index contributed by atoms with van der Waals surface area (Å²) in [6.45, 7) is 2.26. The molecule has 1 aromatic rings. The summed E-state index contributed by atoms with van der Waals surface area (Å²) in [5.74, 6) is 0.230. The van der Waals surface area contributed by atoms with E-state index in [0.717, 1.165) is 5.56 Å². The van der Waals surface area contributed by atoms with Gasteiger partial charge in [0.1, 0.15) is 4.32 Å². The number of nitrogens with zero attached hydrogens (tertiary/aromatic N) is 1. The number of phenolic OH excluding ortho intramolecular Hbond substituents is 1. The van der Waals surface area contributed by atoms with Crippen molar-refractivity contribution in [3.8, 4) is 11.5 Å². The standard InChI is InChI=1S/C13H11Br2NO3S2/c1-3-19-7-4-6(9(14)10(15)11(7)17)5-8-12(18)16(2)13(20)21-8/h4-5,17H,3H2,1-2H3. The Morgan fingerprint density at radius 2 is 2.14 bits per heavy atom. The molecule has 1 amide bonds. The molecular weight excluding hydrogens is 442 g/mol. The van der Waals surface area contributed by atoms with Crippen LogP contribution in [0.1, 0.15) is 12.5 Å². The SMILES string of the molecule is CCOc1cc(C=C2SC(=S)N(C)C2=O)c(Br)c(Br)c1O. The van der Waals surface area contributed by atoms with Crippen LogP contribution in [0.15, 0.2) is 19.9 Å². The average Bonchev–Trinajstić information content (AvgIpc) is 2.69. The first kappa shape index (κ1) is 16.8. The topological polar surface area (TPSA) is 49.8 Å². The molecule has 0 spiro atoms. The third-order valence-electron chi connectivity index (χ3n) is 2.75. The number of amides is 1. The molecule has 1 aliphatic rings. The summed E-state index contributed by atoms with van der Waals surface area (Å²) in [7, 11) is 1.64. The Hall–Kier alpha value is -0.570. The van der Waals surface area contributed by atoms with Gasteiger partial charge in [0, 0.05) is 11.5 Å². The number of benzene rings is 1. The lowest BCUT2D eigenvalue weighted by molar-refractivity contribution is -0.121. The largest absolute Gasteiger partial charge is 0.503 e. The molecule has 1 heterocycles. The molecule has 0 aromatic heterocycles. The highest BCUT2D eigenvalue weighted by Crippen LogP contribution is 2.43. The van der Waals surface area contributed by atoms with Crippen molar-refractivity contribution in [1.82, 2.24) is 4.90 Å². The van der Waals surface area contributed by atoms with Gasteiger partial charge in [-0.3, -0.25) is 9.69 Å². The number of halogens is 2. The number of carbonyl (C=O) groups excluding carboxylic acids is 1. The molecule has 8 heteroatoms. The van der Waals surface area contributed by atoms with Gasteiger partial charge in [-0.1, -0.05) is 24.0 Å². The van der Waals surface area contributed by atoms with Crippen LogP contribution in [0.25, 0.3) is 6.08 Å². The third kappa shape index (κ3) is 3.28. The number of hydrogen-bond donors (Lipinski definition) is 1. The minimum absolute atomic E-state index is 0.0175. The zero-order valence-electron chi connectivity index (χ0n) is 11.1. The molecule has 0 radical (unpaired) electrons. The average molecular weight is 453 g/mol. The molecule has 1 N–H and O–H groups in total. The second-order valence-electron chi connectivity index (χ2n) is 4.11. The first-order valence-electron chi connectivity index (χ1n) is 5.92. The lowest BCUT2D eigenvalue weighted by Gasteiger charge is -2.11. The molecule has 0 bridgehead atoms. The molecule has 1 saturated heterocycles. The van der Waals surface area contributed by atoms with Crippen LogP contribution >= 0.6 is 55.8 Å². The van der Waals surface area contributed by atoms with Gasteiger partial charge in [-0.15, -0.1) is 0 Å². The van der Waals surface area contributed by atoms with Crippen molar-refractivity contribution in [3.05, 3.63) is 25.5 Å².